The maximum atomic E-state index is 12.7. The molecule has 0 atom stereocenters. The van der Waals surface area contributed by atoms with E-state index >= 15 is 0 Å². The Bertz CT molecular complexity index is 789. The van der Waals surface area contributed by atoms with Gasteiger partial charge in [-0.2, -0.15) is 13.2 Å². The number of carbonyl (C=O) groups is 1. The number of anilines is 1. The topological polar surface area (TPSA) is 60.9 Å². The molecule has 1 saturated heterocycles. The quantitative estimate of drug-likeness (QED) is 0.683. The Morgan fingerprint density at radius 3 is 2.17 bits per heavy atom. The third-order valence-electron chi connectivity index (χ3n) is 5.29. The molecule has 0 aromatic heterocycles. The summed E-state index contributed by atoms with van der Waals surface area (Å²) in [6, 6.07) is 3.93. The predicted octanol–water partition coefficient (Wildman–Crippen LogP) is 3.79. The Balaban J connectivity index is 1.97. The summed E-state index contributed by atoms with van der Waals surface area (Å²) < 4.78 is 64.2. The van der Waals surface area contributed by atoms with E-state index in [4.69, 9.17) is 0 Å². The zero-order valence-corrected chi connectivity index (χ0v) is 17.8. The number of hydrogen-bond acceptors (Lipinski definition) is 3. The van der Waals surface area contributed by atoms with E-state index < -0.39 is 21.8 Å². The van der Waals surface area contributed by atoms with Gasteiger partial charge in [0.2, 0.25) is 10.0 Å². The molecule has 1 aliphatic rings. The monoisotopic (exact) mass is 435 g/mol. The summed E-state index contributed by atoms with van der Waals surface area (Å²) in [5.74, 6) is 0.138. The van der Waals surface area contributed by atoms with Crippen LogP contribution in [0.15, 0.2) is 24.3 Å². The molecule has 1 heterocycles. The largest absolute Gasteiger partial charge is 0.416 e. The van der Waals surface area contributed by atoms with Crippen molar-refractivity contribution in [3.05, 3.63) is 29.8 Å². The molecule has 0 aliphatic carbocycles. The fourth-order valence-electron chi connectivity index (χ4n) is 3.34. The second-order valence-electron chi connectivity index (χ2n) is 7.30. The van der Waals surface area contributed by atoms with Crippen LogP contribution in [0, 0.1) is 0 Å². The van der Waals surface area contributed by atoms with Gasteiger partial charge >= 0.3 is 12.2 Å². The highest BCUT2D eigenvalue weighted by Crippen LogP contribution is 2.30. The highest BCUT2D eigenvalue weighted by Gasteiger charge is 2.33. The SMILES string of the molecule is CCCCS(=O)(=O)N1CCC(N(C)C(=O)N(C)c2ccc(C(F)(F)F)cc2)CC1. The number of rotatable bonds is 6. The molecule has 1 aliphatic heterocycles. The van der Waals surface area contributed by atoms with Gasteiger partial charge < -0.3 is 4.90 Å². The summed E-state index contributed by atoms with van der Waals surface area (Å²) in [7, 11) is -0.123. The van der Waals surface area contributed by atoms with Crippen molar-refractivity contribution >= 4 is 21.7 Å². The third kappa shape index (κ3) is 5.85. The second-order valence-corrected chi connectivity index (χ2v) is 9.39. The Morgan fingerprint density at radius 1 is 1.14 bits per heavy atom. The number of halogens is 3. The van der Waals surface area contributed by atoms with Crippen LogP contribution in [0.25, 0.3) is 0 Å². The predicted molar refractivity (Wildman–Crippen MR) is 106 cm³/mol. The van der Waals surface area contributed by atoms with Crippen LogP contribution >= 0.6 is 0 Å². The van der Waals surface area contributed by atoms with Crippen LogP contribution in [0.5, 0.6) is 0 Å². The van der Waals surface area contributed by atoms with Gasteiger partial charge in [-0.3, -0.25) is 4.90 Å². The molecular weight excluding hydrogens is 407 g/mol. The maximum absolute atomic E-state index is 12.7. The van der Waals surface area contributed by atoms with E-state index in [1.165, 1.54) is 33.3 Å². The first-order valence-electron chi connectivity index (χ1n) is 9.63. The summed E-state index contributed by atoms with van der Waals surface area (Å²) in [5, 5.41) is 0. The van der Waals surface area contributed by atoms with Crippen molar-refractivity contribution in [2.24, 2.45) is 0 Å². The van der Waals surface area contributed by atoms with Crippen LogP contribution in [0.2, 0.25) is 0 Å². The summed E-state index contributed by atoms with van der Waals surface area (Å²) in [4.78, 5) is 15.6. The third-order valence-corrected chi connectivity index (χ3v) is 7.25. The van der Waals surface area contributed by atoms with E-state index in [9.17, 15) is 26.4 Å². The Kier molecular flexibility index (Phi) is 7.56. The summed E-state index contributed by atoms with van der Waals surface area (Å²) in [6.07, 6.45) is -1.95. The van der Waals surface area contributed by atoms with Crippen LogP contribution < -0.4 is 4.90 Å². The van der Waals surface area contributed by atoms with Crippen molar-refractivity contribution in [1.82, 2.24) is 9.21 Å². The molecule has 1 aromatic carbocycles. The minimum Gasteiger partial charge on any atom is -0.324 e. The average Bonchev–Trinajstić information content (AvgIpc) is 2.70. The Morgan fingerprint density at radius 2 is 1.69 bits per heavy atom. The number of hydrogen-bond donors (Lipinski definition) is 0. The van der Waals surface area contributed by atoms with Crippen molar-refractivity contribution in [2.45, 2.75) is 44.8 Å². The van der Waals surface area contributed by atoms with E-state index in [-0.39, 0.29) is 17.8 Å². The zero-order valence-electron chi connectivity index (χ0n) is 16.9. The van der Waals surface area contributed by atoms with Gasteiger partial charge in [0.05, 0.1) is 11.3 Å². The average molecular weight is 436 g/mol. The van der Waals surface area contributed by atoms with Gasteiger partial charge in [-0.25, -0.2) is 17.5 Å². The van der Waals surface area contributed by atoms with Crippen molar-refractivity contribution in [3.63, 3.8) is 0 Å². The molecule has 10 heteroatoms. The Labute approximate surface area is 170 Å². The van der Waals surface area contributed by atoms with Gasteiger partial charge in [-0.1, -0.05) is 13.3 Å². The number of amides is 2. The standard InChI is InChI=1S/C19H28F3N3O3S/c1-4-5-14-29(27,28)25-12-10-17(11-13-25)24(3)18(26)23(2)16-8-6-15(7-9-16)19(20,21)22/h6-9,17H,4-5,10-14H2,1-3H3. The number of sulfonamides is 1. The molecule has 0 spiro atoms. The molecule has 0 unspecified atom stereocenters. The van der Waals surface area contributed by atoms with Crippen molar-refractivity contribution < 1.29 is 26.4 Å². The molecule has 29 heavy (non-hydrogen) atoms. The van der Waals surface area contributed by atoms with Gasteiger partial charge in [-0.05, 0) is 43.5 Å². The number of urea groups is 1. The lowest BCUT2D eigenvalue weighted by molar-refractivity contribution is -0.137. The zero-order chi connectivity index (χ0) is 21.8. The van der Waals surface area contributed by atoms with Crippen LogP contribution in [0.4, 0.5) is 23.7 Å². The molecule has 0 saturated carbocycles. The van der Waals surface area contributed by atoms with Crippen LogP contribution in [-0.2, 0) is 16.2 Å². The normalized spacial score (nSPS) is 16.6. The van der Waals surface area contributed by atoms with E-state index in [2.05, 4.69) is 0 Å². The molecule has 2 amide bonds. The molecule has 6 nitrogen and oxygen atoms in total. The van der Waals surface area contributed by atoms with Gasteiger partial charge in [0, 0.05) is 38.9 Å². The molecule has 164 valence electrons. The summed E-state index contributed by atoms with van der Waals surface area (Å²) in [6.45, 7) is 2.66. The van der Waals surface area contributed by atoms with E-state index in [0.717, 1.165) is 18.6 Å². The smallest absolute Gasteiger partial charge is 0.324 e. The number of unbranched alkanes of at least 4 members (excludes halogenated alkanes) is 1. The van der Waals surface area contributed by atoms with Crippen molar-refractivity contribution in [3.8, 4) is 0 Å². The van der Waals surface area contributed by atoms with E-state index in [1.807, 2.05) is 6.92 Å². The first-order valence-corrected chi connectivity index (χ1v) is 11.2. The van der Waals surface area contributed by atoms with Crippen LogP contribution in [-0.4, -0.2) is 62.6 Å². The lowest BCUT2D eigenvalue weighted by Crippen LogP contribution is -2.50. The fraction of sp³-hybridized carbons (Fsp3) is 0.632. The maximum Gasteiger partial charge on any atom is 0.416 e. The first-order chi connectivity index (χ1) is 13.5. The number of piperidine rings is 1. The highest BCUT2D eigenvalue weighted by molar-refractivity contribution is 7.89. The second kappa shape index (κ2) is 9.34. The molecule has 2 rings (SSSR count). The molecule has 0 bridgehead atoms. The number of carbonyl (C=O) groups excluding carboxylic acids is 1. The molecule has 0 N–H and O–H groups in total. The minimum absolute atomic E-state index is 0.128. The molecule has 1 aromatic rings. The van der Waals surface area contributed by atoms with E-state index in [1.54, 1.807) is 7.05 Å². The molecule has 1 fully saturated rings. The highest BCUT2D eigenvalue weighted by atomic mass is 32.2. The fourth-order valence-corrected chi connectivity index (χ4v) is 5.02. The summed E-state index contributed by atoms with van der Waals surface area (Å²) >= 11 is 0. The van der Waals surface area contributed by atoms with Gasteiger partial charge in [0.25, 0.3) is 0 Å². The van der Waals surface area contributed by atoms with Gasteiger partial charge in [0.1, 0.15) is 0 Å². The van der Waals surface area contributed by atoms with Gasteiger partial charge in [-0.15, -0.1) is 0 Å². The van der Waals surface area contributed by atoms with E-state index in [0.29, 0.717) is 38.0 Å². The van der Waals surface area contributed by atoms with Gasteiger partial charge in [0.15, 0.2) is 0 Å². The van der Waals surface area contributed by atoms with Crippen molar-refractivity contribution in [1.29, 1.82) is 0 Å². The summed E-state index contributed by atoms with van der Waals surface area (Å²) in [5.41, 5.74) is -0.415. The Hall–Kier alpha value is -1.81. The van der Waals surface area contributed by atoms with Crippen LogP contribution in [0.3, 0.4) is 0 Å². The lowest BCUT2D eigenvalue weighted by Gasteiger charge is -2.37. The lowest BCUT2D eigenvalue weighted by atomic mass is 10.1. The molecule has 0 radical (unpaired) electrons. The first kappa shape index (κ1) is 23.5. The number of alkyl halides is 3. The van der Waals surface area contributed by atoms with Crippen molar-refractivity contribution in [2.75, 3.05) is 37.8 Å². The molecular formula is C19H28F3N3O3S. The number of benzene rings is 1. The minimum atomic E-state index is -4.43. The number of nitrogens with zero attached hydrogens (tertiary/aromatic N) is 3. The van der Waals surface area contributed by atoms with Crippen LogP contribution in [0.1, 0.15) is 38.2 Å².